The Kier molecular flexibility index (Phi) is 2.77. The minimum atomic E-state index is 0.647. The Morgan fingerprint density at radius 3 is 2.45 bits per heavy atom. The minimum Gasteiger partial charge on any atom is -0.482 e. The van der Waals surface area contributed by atoms with Crippen molar-refractivity contribution in [2.24, 2.45) is 0 Å². The van der Waals surface area contributed by atoms with Crippen molar-refractivity contribution in [1.82, 2.24) is 0 Å². The van der Waals surface area contributed by atoms with Crippen molar-refractivity contribution >= 4 is 11.6 Å². The topological polar surface area (TPSA) is 9.23 Å². The van der Waals surface area contributed by atoms with Crippen molar-refractivity contribution in [1.29, 1.82) is 0 Å². The predicted octanol–water partition coefficient (Wildman–Crippen LogP) is 3.29. The summed E-state index contributed by atoms with van der Waals surface area (Å²) in [5, 5.41) is 0.647. The van der Waals surface area contributed by atoms with E-state index in [0.29, 0.717) is 10.8 Å². The van der Waals surface area contributed by atoms with Gasteiger partial charge in [0.15, 0.2) is 0 Å². The maximum atomic E-state index is 5.83. The third kappa shape index (κ3) is 2.43. The molecular weight excluding hydrogens is 160 g/mol. The van der Waals surface area contributed by atoms with E-state index >= 15 is 0 Å². The monoisotopic (exact) mass is 169 g/mol. The van der Waals surface area contributed by atoms with Crippen LogP contribution in [0.3, 0.4) is 0 Å². The van der Waals surface area contributed by atoms with E-state index in [1.807, 2.05) is 32.0 Å². The zero-order valence-corrected chi connectivity index (χ0v) is 7.35. The van der Waals surface area contributed by atoms with Gasteiger partial charge >= 0.3 is 0 Å². The van der Waals surface area contributed by atoms with Crippen LogP contribution in [0, 0.1) is 6.10 Å². The van der Waals surface area contributed by atoms with Gasteiger partial charge in [-0.05, 0) is 26.0 Å². The fourth-order valence-corrected chi connectivity index (χ4v) is 0.922. The van der Waals surface area contributed by atoms with Crippen LogP contribution in [0.1, 0.15) is 13.8 Å². The van der Waals surface area contributed by atoms with E-state index in [4.69, 9.17) is 16.3 Å². The Labute approximate surface area is 71.9 Å². The van der Waals surface area contributed by atoms with Gasteiger partial charge in [-0.25, -0.2) is 0 Å². The van der Waals surface area contributed by atoms with Crippen molar-refractivity contribution in [3.8, 4) is 5.75 Å². The standard InChI is InChI=1S/C9H10ClO/c1-7(2)11-9-6-4-3-5-8(9)10/h3-6H,1-2H3. The molecule has 0 aliphatic carbocycles. The highest BCUT2D eigenvalue weighted by Crippen LogP contribution is 2.25. The van der Waals surface area contributed by atoms with E-state index in [1.165, 1.54) is 0 Å². The van der Waals surface area contributed by atoms with Crippen molar-refractivity contribution in [3.05, 3.63) is 35.4 Å². The lowest BCUT2D eigenvalue weighted by molar-refractivity contribution is 0.345. The first-order chi connectivity index (χ1) is 5.20. The van der Waals surface area contributed by atoms with Gasteiger partial charge in [-0.15, -0.1) is 0 Å². The molecule has 0 aliphatic rings. The Hall–Kier alpha value is -0.690. The number of halogens is 1. The van der Waals surface area contributed by atoms with Crippen molar-refractivity contribution in [2.75, 3.05) is 0 Å². The molecule has 0 N–H and O–H groups in total. The molecule has 0 aliphatic heterocycles. The van der Waals surface area contributed by atoms with Crippen LogP contribution < -0.4 is 4.74 Å². The van der Waals surface area contributed by atoms with Gasteiger partial charge in [0.25, 0.3) is 0 Å². The van der Waals surface area contributed by atoms with E-state index < -0.39 is 0 Å². The molecule has 0 bridgehead atoms. The Morgan fingerprint density at radius 2 is 1.91 bits per heavy atom. The van der Waals surface area contributed by atoms with Crippen molar-refractivity contribution < 1.29 is 4.74 Å². The molecule has 0 aromatic heterocycles. The average molecular weight is 170 g/mol. The molecule has 2 heteroatoms. The highest BCUT2D eigenvalue weighted by molar-refractivity contribution is 6.32. The first-order valence-corrected chi connectivity index (χ1v) is 3.80. The molecule has 0 saturated carbocycles. The molecule has 0 fully saturated rings. The molecule has 11 heavy (non-hydrogen) atoms. The third-order valence-electron chi connectivity index (χ3n) is 1.15. The van der Waals surface area contributed by atoms with Crippen LogP contribution in [0.25, 0.3) is 0 Å². The van der Waals surface area contributed by atoms with Gasteiger partial charge in [0.05, 0.1) is 5.02 Å². The normalized spacial score (nSPS) is 10.2. The summed E-state index contributed by atoms with van der Waals surface area (Å²) in [6, 6.07) is 7.42. The number of rotatable bonds is 2. The van der Waals surface area contributed by atoms with E-state index in [0.717, 1.165) is 6.10 Å². The smallest absolute Gasteiger partial charge is 0.142 e. The summed E-state index contributed by atoms with van der Waals surface area (Å²) in [6.07, 6.45) is 0.887. The molecule has 1 rings (SSSR count). The molecule has 0 unspecified atom stereocenters. The lowest BCUT2D eigenvalue weighted by Gasteiger charge is -2.08. The minimum absolute atomic E-state index is 0.647. The van der Waals surface area contributed by atoms with E-state index in [-0.39, 0.29) is 0 Å². The van der Waals surface area contributed by atoms with Crippen LogP contribution in [0.5, 0.6) is 5.75 Å². The molecule has 0 amide bonds. The van der Waals surface area contributed by atoms with Crippen LogP contribution in [0.2, 0.25) is 5.02 Å². The Bertz CT molecular complexity index is 233. The summed E-state index contributed by atoms with van der Waals surface area (Å²) < 4.78 is 5.33. The maximum Gasteiger partial charge on any atom is 0.142 e. The maximum absolute atomic E-state index is 5.83. The summed E-state index contributed by atoms with van der Waals surface area (Å²) in [5.41, 5.74) is 0. The van der Waals surface area contributed by atoms with Crippen LogP contribution in [-0.2, 0) is 0 Å². The first-order valence-electron chi connectivity index (χ1n) is 3.42. The van der Waals surface area contributed by atoms with Gasteiger partial charge in [0, 0.05) is 0 Å². The van der Waals surface area contributed by atoms with Crippen LogP contribution in [0.15, 0.2) is 24.3 Å². The van der Waals surface area contributed by atoms with Crippen LogP contribution >= 0.6 is 11.6 Å². The molecule has 59 valence electrons. The fraction of sp³-hybridized carbons (Fsp3) is 0.222. The number of hydrogen-bond donors (Lipinski definition) is 0. The van der Waals surface area contributed by atoms with Gasteiger partial charge in [0.1, 0.15) is 11.9 Å². The van der Waals surface area contributed by atoms with Gasteiger partial charge < -0.3 is 4.74 Å². The van der Waals surface area contributed by atoms with Crippen LogP contribution in [-0.4, -0.2) is 0 Å². The number of benzene rings is 1. The highest BCUT2D eigenvalue weighted by atomic mass is 35.5. The third-order valence-corrected chi connectivity index (χ3v) is 1.46. The second-order valence-corrected chi connectivity index (χ2v) is 2.85. The molecule has 1 radical (unpaired) electrons. The molecule has 1 nitrogen and oxygen atoms in total. The van der Waals surface area contributed by atoms with E-state index in [1.54, 1.807) is 6.07 Å². The zero-order chi connectivity index (χ0) is 8.27. The van der Waals surface area contributed by atoms with Gasteiger partial charge in [-0.1, -0.05) is 23.7 Å². The number of para-hydroxylation sites is 1. The number of hydrogen-bond acceptors (Lipinski definition) is 1. The lowest BCUT2D eigenvalue weighted by atomic mass is 10.3. The molecule has 1 aromatic carbocycles. The van der Waals surface area contributed by atoms with Gasteiger partial charge in [-0.2, -0.15) is 0 Å². The van der Waals surface area contributed by atoms with Gasteiger partial charge in [0.2, 0.25) is 0 Å². The Morgan fingerprint density at radius 1 is 1.27 bits per heavy atom. The SMILES string of the molecule is C[C](C)Oc1ccccc1Cl. The largest absolute Gasteiger partial charge is 0.482 e. The molecular formula is C9H10ClO. The first kappa shape index (κ1) is 8.41. The predicted molar refractivity (Wildman–Crippen MR) is 46.7 cm³/mol. The summed E-state index contributed by atoms with van der Waals surface area (Å²) in [6.45, 7) is 3.78. The number of ether oxygens (including phenoxy) is 1. The molecule has 1 aromatic rings. The molecule has 0 spiro atoms. The zero-order valence-electron chi connectivity index (χ0n) is 6.60. The van der Waals surface area contributed by atoms with Crippen molar-refractivity contribution in [3.63, 3.8) is 0 Å². The quantitative estimate of drug-likeness (QED) is 0.660. The van der Waals surface area contributed by atoms with Gasteiger partial charge in [-0.3, -0.25) is 0 Å². The summed E-state index contributed by atoms with van der Waals surface area (Å²) in [7, 11) is 0. The second kappa shape index (κ2) is 3.63. The van der Waals surface area contributed by atoms with Crippen LogP contribution in [0.4, 0.5) is 0 Å². The molecule has 0 atom stereocenters. The highest BCUT2D eigenvalue weighted by Gasteiger charge is 2.01. The van der Waals surface area contributed by atoms with E-state index in [9.17, 15) is 0 Å². The summed E-state index contributed by atoms with van der Waals surface area (Å²) >= 11 is 5.83. The van der Waals surface area contributed by atoms with Crippen molar-refractivity contribution in [2.45, 2.75) is 13.8 Å². The molecule has 0 saturated heterocycles. The summed E-state index contributed by atoms with van der Waals surface area (Å²) in [5.74, 6) is 0.717. The summed E-state index contributed by atoms with van der Waals surface area (Å²) in [4.78, 5) is 0. The molecule has 0 heterocycles. The van der Waals surface area contributed by atoms with E-state index in [2.05, 4.69) is 0 Å². The fourth-order valence-electron chi connectivity index (χ4n) is 0.747. The second-order valence-electron chi connectivity index (χ2n) is 2.44. The average Bonchev–Trinajstić information content (AvgIpc) is 1.93. The lowest BCUT2D eigenvalue weighted by Crippen LogP contribution is -1.96. The Balaban J connectivity index is 2.78.